The summed E-state index contributed by atoms with van der Waals surface area (Å²) in [6, 6.07) is -3.53. The highest BCUT2D eigenvalue weighted by Crippen LogP contribution is 2.24. The van der Waals surface area contributed by atoms with Crippen molar-refractivity contribution in [3.8, 4) is 0 Å². The van der Waals surface area contributed by atoms with Crippen LogP contribution in [0.2, 0.25) is 0 Å². The summed E-state index contributed by atoms with van der Waals surface area (Å²) in [7, 11) is -11.9. The molecule has 0 unspecified atom stereocenters. The lowest BCUT2D eigenvalue weighted by atomic mass is 10.6. The molecule has 0 atom stereocenters. The molecule has 25 heavy (non-hydrogen) atoms. The van der Waals surface area contributed by atoms with Crippen LogP contribution in [0.4, 0.5) is 29.7 Å². The summed E-state index contributed by atoms with van der Waals surface area (Å²) in [4.78, 5) is 19.1. The summed E-state index contributed by atoms with van der Waals surface area (Å²) in [6.07, 6.45) is 0. The molecule has 0 bridgehead atoms. The molecule has 0 aromatic rings. The molecule has 0 aromatic heterocycles. The summed E-state index contributed by atoms with van der Waals surface area (Å²) >= 11 is 0. The van der Waals surface area contributed by atoms with Gasteiger partial charge in [0.1, 0.15) is 0 Å². The van der Waals surface area contributed by atoms with Gasteiger partial charge in [-0.1, -0.05) is 36.5 Å². The van der Waals surface area contributed by atoms with E-state index in [0.717, 1.165) is 7.05 Å². The molecule has 0 aliphatic carbocycles. The van der Waals surface area contributed by atoms with Crippen molar-refractivity contribution in [1.29, 1.82) is 0 Å². The Hall–Kier alpha value is -1.45. The molecule has 0 aliphatic rings. The molecule has 7 nitrogen and oxygen atoms in total. The van der Waals surface area contributed by atoms with Crippen LogP contribution in [0.15, 0.2) is 0 Å². The molecule has 0 fully saturated rings. The zero-order chi connectivity index (χ0) is 19.9. The Bertz CT molecular complexity index is 618. The Kier molecular flexibility index (Phi) is 16.7. The minimum absolute atomic E-state index is 0. The van der Waals surface area contributed by atoms with Crippen LogP contribution in [0, 0.1) is 0 Å². The molecule has 0 rings (SSSR count). The van der Waals surface area contributed by atoms with Crippen molar-refractivity contribution in [3.05, 3.63) is 0 Å². The van der Waals surface area contributed by atoms with E-state index in [9.17, 15) is 51.4 Å². The molecule has 0 spiro atoms. The first-order chi connectivity index (χ1) is 9.92. The molecular weight excluding hydrogens is 415 g/mol. The van der Waals surface area contributed by atoms with Gasteiger partial charge < -0.3 is 5.32 Å². The molecule has 0 aromatic carbocycles. The third-order valence-corrected chi connectivity index (χ3v) is 2.90. The van der Waals surface area contributed by atoms with E-state index in [4.69, 9.17) is 4.79 Å². The third kappa shape index (κ3) is 10.2. The normalized spacial score (nSPS) is 11.1. The largest absolute Gasteiger partial charge is 0.463 e. The van der Waals surface area contributed by atoms with Crippen LogP contribution < -0.4 is 5.32 Å². The van der Waals surface area contributed by atoms with E-state index < -0.39 is 42.9 Å². The number of amides is 1. The van der Waals surface area contributed by atoms with E-state index in [1.165, 1.54) is 5.32 Å². The van der Waals surface area contributed by atoms with Crippen molar-refractivity contribution >= 4 is 32.4 Å². The van der Waals surface area contributed by atoms with E-state index in [2.05, 4.69) is 0 Å². The fourth-order valence-electron chi connectivity index (χ4n) is 0.352. The maximum atomic E-state index is 11.9. The number of alkyl halides is 4. The van der Waals surface area contributed by atoms with Gasteiger partial charge in [-0.2, -0.15) is 38.8 Å². The van der Waals surface area contributed by atoms with Crippen LogP contribution in [-0.4, -0.2) is 46.3 Å². The first kappa shape index (κ1) is 34.8. The van der Waals surface area contributed by atoms with Crippen molar-refractivity contribution < 1.29 is 56.1 Å². The van der Waals surface area contributed by atoms with Crippen LogP contribution >= 0.6 is 0 Å². The van der Waals surface area contributed by atoms with Crippen LogP contribution in [0.25, 0.3) is 0 Å². The van der Waals surface area contributed by atoms with Gasteiger partial charge in [0.25, 0.3) is 0 Å². The number of hydrogen-bond donors (Lipinski definition) is 1. The SMILES string of the molecule is C.C.CC.CNC(=O)C(F)(F)S(=O)(=O)F.O=C(F)C(F)(F)S(=O)(=O)F. The molecule has 1 amide bonds. The van der Waals surface area contributed by atoms with Gasteiger partial charge in [0.05, 0.1) is 0 Å². The number of rotatable bonds is 4. The third-order valence-electron chi connectivity index (χ3n) is 1.33. The Morgan fingerprint density at radius 2 is 1.04 bits per heavy atom. The van der Waals surface area contributed by atoms with Crippen LogP contribution in [0.5, 0.6) is 0 Å². The maximum absolute atomic E-state index is 11.9. The highest BCUT2D eigenvalue weighted by Gasteiger charge is 2.54. The Labute approximate surface area is 141 Å². The molecule has 0 heterocycles. The molecule has 16 heteroatoms. The highest BCUT2D eigenvalue weighted by molar-refractivity contribution is 7.88. The number of halogens is 7. The summed E-state index contributed by atoms with van der Waals surface area (Å²) in [5, 5.41) is -9.26. The second kappa shape index (κ2) is 12.0. The monoisotopic (exact) mass is 433 g/mol. The van der Waals surface area contributed by atoms with Gasteiger partial charge in [-0.05, 0) is 0 Å². The molecule has 0 radical (unpaired) electrons. The summed E-state index contributed by atoms with van der Waals surface area (Å²) in [5.41, 5.74) is 0. The van der Waals surface area contributed by atoms with E-state index in [1.807, 2.05) is 13.8 Å². The topological polar surface area (TPSA) is 114 Å². The fraction of sp³-hybridized carbons (Fsp3) is 0.778. The zero-order valence-electron chi connectivity index (χ0n) is 11.4. The number of carbonyl (C=O) groups is 2. The first-order valence-corrected chi connectivity index (χ1v) is 7.75. The van der Waals surface area contributed by atoms with Crippen LogP contribution in [0.1, 0.15) is 28.7 Å². The van der Waals surface area contributed by atoms with E-state index >= 15 is 0 Å². The lowest BCUT2D eigenvalue weighted by Gasteiger charge is -2.07. The van der Waals surface area contributed by atoms with Crippen molar-refractivity contribution in [3.63, 3.8) is 0 Å². The predicted molar refractivity (Wildman–Crippen MR) is 74.9 cm³/mol. The van der Waals surface area contributed by atoms with Gasteiger partial charge in [0.2, 0.25) is 0 Å². The van der Waals surface area contributed by atoms with Gasteiger partial charge in [-0.15, -0.1) is 0 Å². The summed E-state index contributed by atoms with van der Waals surface area (Å²) < 4.78 is 118. The smallest absolute Gasteiger partial charge is 0.353 e. The predicted octanol–water partition coefficient (Wildman–Crippen LogP) is 2.30. The van der Waals surface area contributed by atoms with Crippen LogP contribution in [-0.2, 0) is 30.0 Å². The van der Waals surface area contributed by atoms with Gasteiger partial charge in [-0.3, -0.25) is 9.59 Å². The number of hydrogen-bond acceptors (Lipinski definition) is 6. The fourth-order valence-corrected chi connectivity index (χ4v) is 0.867. The molecule has 0 saturated carbocycles. The second-order valence-corrected chi connectivity index (χ2v) is 5.54. The van der Waals surface area contributed by atoms with Crippen LogP contribution in [0.3, 0.4) is 0 Å². The average molecular weight is 433 g/mol. The zero-order valence-corrected chi connectivity index (χ0v) is 13.0. The molecular formula is C9H18F7NO6S2. The van der Waals surface area contributed by atoms with Crippen molar-refractivity contribution in [1.82, 2.24) is 5.32 Å². The molecule has 0 saturated heterocycles. The minimum atomic E-state index is -6.46. The molecule has 1 N–H and O–H groups in total. The minimum Gasteiger partial charge on any atom is -0.353 e. The highest BCUT2D eigenvalue weighted by atomic mass is 32.3. The Balaban J connectivity index is -0.0000000905. The Morgan fingerprint density at radius 1 is 0.800 bits per heavy atom. The maximum Gasteiger partial charge on any atom is 0.463 e. The number of carbonyl (C=O) groups excluding carboxylic acids is 2. The second-order valence-electron chi connectivity index (χ2n) is 2.76. The summed E-state index contributed by atoms with van der Waals surface area (Å²) in [5.74, 6) is -2.19. The lowest BCUT2D eigenvalue weighted by molar-refractivity contribution is -0.145. The number of nitrogens with one attached hydrogen (secondary N) is 1. The van der Waals surface area contributed by atoms with Crippen molar-refractivity contribution in [2.45, 2.75) is 39.2 Å². The first-order valence-electron chi connectivity index (χ1n) is 4.99. The summed E-state index contributed by atoms with van der Waals surface area (Å²) in [6.45, 7) is 4.00. The van der Waals surface area contributed by atoms with Gasteiger partial charge in [0.15, 0.2) is 0 Å². The van der Waals surface area contributed by atoms with Gasteiger partial charge in [-0.25, -0.2) is 0 Å². The standard InChI is InChI=1S/C3H4F3NO3S.C2F4O3S.C2H6.2CH4/c1-7-2(8)3(4,5)11(6,9)10;3-1(7)2(4,5)10(6,8)9;1-2;;/h1H3,(H,7,8);;1-2H3;2*1H4. The average Bonchev–Trinajstić information content (AvgIpc) is 2.37. The molecule has 156 valence electrons. The van der Waals surface area contributed by atoms with Crippen molar-refractivity contribution in [2.75, 3.05) is 7.05 Å². The molecule has 0 aliphatic heterocycles. The van der Waals surface area contributed by atoms with E-state index in [0.29, 0.717) is 0 Å². The lowest BCUT2D eigenvalue weighted by Crippen LogP contribution is -2.42. The van der Waals surface area contributed by atoms with E-state index in [1.54, 1.807) is 0 Å². The quantitative estimate of drug-likeness (QED) is 0.538. The van der Waals surface area contributed by atoms with Gasteiger partial charge >= 0.3 is 42.9 Å². The van der Waals surface area contributed by atoms with Gasteiger partial charge in [0, 0.05) is 7.05 Å². The Morgan fingerprint density at radius 3 is 1.08 bits per heavy atom. The van der Waals surface area contributed by atoms with Crippen molar-refractivity contribution in [2.24, 2.45) is 0 Å². The van der Waals surface area contributed by atoms with E-state index in [-0.39, 0.29) is 14.9 Å².